The van der Waals surface area contributed by atoms with Crippen LogP contribution in [0.3, 0.4) is 0 Å². The fraction of sp³-hybridized carbons (Fsp3) is 0. The Kier molecular flexibility index (Phi) is 3.56. The van der Waals surface area contributed by atoms with Gasteiger partial charge >= 0.3 is 103 Å². The van der Waals surface area contributed by atoms with E-state index in [0.29, 0.717) is 0 Å². The summed E-state index contributed by atoms with van der Waals surface area (Å²) in [5, 5.41) is 2.66. The van der Waals surface area contributed by atoms with Crippen molar-refractivity contribution in [1.29, 1.82) is 0 Å². The average molecular weight is 240 g/mol. The molecule has 0 aliphatic heterocycles. The molecule has 0 saturated heterocycles. The molecule has 0 amide bonds. The zero-order valence-electron chi connectivity index (χ0n) is 9.84. The van der Waals surface area contributed by atoms with Crippen LogP contribution < -0.4 is 10.6 Å². The van der Waals surface area contributed by atoms with Crippen molar-refractivity contribution in [1.82, 2.24) is 0 Å². The Labute approximate surface area is 104 Å². The molecule has 17 heavy (non-hydrogen) atoms. The van der Waals surface area contributed by atoms with Crippen LogP contribution in [0.1, 0.15) is 0 Å². The minimum absolute atomic E-state index is 1.33. The quantitative estimate of drug-likeness (QED) is 0.715. The molecule has 86 valence electrons. The Morgan fingerprint density at radius 3 is 1.29 bits per heavy atom. The molecule has 0 nitrogen and oxygen atoms in total. The van der Waals surface area contributed by atoms with E-state index in [4.69, 9.17) is 0 Å². The van der Waals surface area contributed by atoms with Crippen LogP contribution in [0, 0.1) is 0 Å². The van der Waals surface area contributed by atoms with Crippen LogP contribution in [0.25, 0.3) is 0 Å². The normalized spacial score (nSPS) is 11.8. The standard InChI is InChI=1S/C16H17P/c1-3-17(4-2,15-11-7-5-8-12-15)16-13-9-6-10-14-16/h3-14,17H,1-2H2. The summed E-state index contributed by atoms with van der Waals surface area (Å²) in [6.45, 7) is 8.09. The van der Waals surface area contributed by atoms with Gasteiger partial charge in [-0.2, -0.15) is 0 Å². The Morgan fingerprint density at radius 2 is 1.00 bits per heavy atom. The molecule has 0 saturated carbocycles. The second-order valence-electron chi connectivity index (χ2n) is 4.01. The Balaban J connectivity index is 2.62. The minimum atomic E-state index is -1.97. The molecule has 0 aliphatic carbocycles. The molecule has 2 rings (SSSR count). The molecule has 0 spiro atoms. The van der Waals surface area contributed by atoms with E-state index < -0.39 is 7.26 Å². The summed E-state index contributed by atoms with van der Waals surface area (Å²) in [6.07, 6.45) is 0. The van der Waals surface area contributed by atoms with Gasteiger partial charge in [0.05, 0.1) is 0 Å². The molecular weight excluding hydrogens is 223 g/mol. The molecule has 0 unspecified atom stereocenters. The van der Waals surface area contributed by atoms with Crippen LogP contribution in [0.4, 0.5) is 0 Å². The Hall–Kier alpha value is -1.65. The fourth-order valence-electron chi connectivity index (χ4n) is 2.15. The molecular formula is C16H17P. The van der Waals surface area contributed by atoms with E-state index in [9.17, 15) is 0 Å². The first-order valence-electron chi connectivity index (χ1n) is 5.72. The van der Waals surface area contributed by atoms with E-state index in [1.807, 2.05) is 12.1 Å². The van der Waals surface area contributed by atoms with Gasteiger partial charge in [-0.3, -0.25) is 0 Å². The third-order valence-corrected chi connectivity index (χ3v) is 7.01. The first-order chi connectivity index (χ1) is 8.33. The zero-order valence-corrected chi connectivity index (χ0v) is 10.8. The van der Waals surface area contributed by atoms with Crippen LogP contribution in [-0.4, -0.2) is 0 Å². The molecule has 0 aromatic heterocycles. The van der Waals surface area contributed by atoms with Crippen molar-refractivity contribution in [2.45, 2.75) is 0 Å². The fourth-order valence-corrected chi connectivity index (χ4v) is 5.08. The predicted molar refractivity (Wildman–Crippen MR) is 80.9 cm³/mol. The molecule has 0 radical (unpaired) electrons. The summed E-state index contributed by atoms with van der Waals surface area (Å²) < 4.78 is 0. The number of hydrogen-bond donors (Lipinski definition) is 0. The predicted octanol–water partition coefficient (Wildman–Crippen LogP) is 3.67. The van der Waals surface area contributed by atoms with E-state index in [-0.39, 0.29) is 0 Å². The van der Waals surface area contributed by atoms with Crippen LogP contribution in [0.5, 0.6) is 0 Å². The van der Waals surface area contributed by atoms with Crippen LogP contribution in [0.2, 0.25) is 0 Å². The molecule has 1 heteroatoms. The van der Waals surface area contributed by atoms with E-state index >= 15 is 0 Å². The number of benzene rings is 2. The average Bonchev–Trinajstić information content (AvgIpc) is 2.43. The second-order valence-corrected chi connectivity index (χ2v) is 7.72. The summed E-state index contributed by atoms with van der Waals surface area (Å²) in [5.74, 6) is 4.18. The van der Waals surface area contributed by atoms with Gasteiger partial charge in [-0.05, 0) is 0 Å². The number of hydrogen-bond acceptors (Lipinski definition) is 0. The summed E-state index contributed by atoms with van der Waals surface area (Å²) in [5.41, 5.74) is 0. The first-order valence-corrected chi connectivity index (χ1v) is 7.87. The van der Waals surface area contributed by atoms with E-state index in [2.05, 4.69) is 73.3 Å². The van der Waals surface area contributed by atoms with E-state index in [0.717, 1.165) is 0 Å². The van der Waals surface area contributed by atoms with Crippen molar-refractivity contribution in [3.05, 3.63) is 85.5 Å². The van der Waals surface area contributed by atoms with Gasteiger partial charge in [0.1, 0.15) is 0 Å². The Bertz CT molecular complexity index is 450. The van der Waals surface area contributed by atoms with E-state index in [1.54, 1.807) is 0 Å². The van der Waals surface area contributed by atoms with Crippen molar-refractivity contribution >= 4 is 17.9 Å². The maximum atomic E-state index is 4.05. The first kappa shape index (κ1) is 11.8. The van der Waals surface area contributed by atoms with E-state index in [1.165, 1.54) is 10.6 Å². The third kappa shape index (κ3) is 2.09. The molecule has 0 aliphatic rings. The van der Waals surface area contributed by atoms with Crippen LogP contribution in [-0.2, 0) is 0 Å². The molecule has 0 heterocycles. The van der Waals surface area contributed by atoms with Gasteiger partial charge < -0.3 is 0 Å². The number of rotatable bonds is 4. The van der Waals surface area contributed by atoms with Crippen molar-refractivity contribution < 1.29 is 0 Å². The monoisotopic (exact) mass is 240 g/mol. The second kappa shape index (κ2) is 5.12. The van der Waals surface area contributed by atoms with Crippen molar-refractivity contribution in [2.75, 3.05) is 0 Å². The van der Waals surface area contributed by atoms with Gasteiger partial charge in [-0.25, -0.2) is 0 Å². The molecule has 0 bridgehead atoms. The van der Waals surface area contributed by atoms with Crippen LogP contribution in [0.15, 0.2) is 85.5 Å². The van der Waals surface area contributed by atoms with Gasteiger partial charge in [-0.15, -0.1) is 0 Å². The summed E-state index contributed by atoms with van der Waals surface area (Å²) in [7, 11) is -1.97. The molecule has 0 fully saturated rings. The molecule has 2 aromatic carbocycles. The van der Waals surface area contributed by atoms with Crippen molar-refractivity contribution in [2.24, 2.45) is 0 Å². The molecule has 0 atom stereocenters. The summed E-state index contributed by atoms with van der Waals surface area (Å²) >= 11 is 0. The van der Waals surface area contributed by atoms with Crippen molar-refractivity contribution in [3.63, 3.8) is 0 Å². The summed E-state index contributed by atoms with van der Waals surface area (Å²) in [4.78, 5) is 0. The zero-order chi connectivity index (χ0) is 12.1. The van der Waals surface area contributed by atoms with Gasteiger partial charge in [-0.1, -0.05) is 0 Å². The maximum absolute atomic E-state index is 4.05. The molecule has 2 aromatic rings. The van der Waals surface area contributed by atoms with Gasteiger partial charge in [0, 0.05) is 0 Å². The van der Waals surface area contributed by atoms with Crippen LogP contribution >= 0.6 is 7.26 Å². The van der Waals surface area contributed by atoms with Crippen molar-refractivity contribution in [3.8, 4) is 0 Å². The SMILES string of the molecule is C=C[PH](C=C)(c1ccccc1)c1ccccc1. The van der Waals surface area contributed by atoms with Gasteiger partial charge in [0.2, 0.25) is 0 Å². The topological polar surface area (TPSA) is 0 Å². The Morgan fingerprint density at radius 1 is 0.647 bits per heavy atom. The third-order valence-electron chi connectivity index (χ3n) is 3.15. The van der Waals surface area contributed by atoms with Gasteiger partial charge in [0.15, 0.2) is 0 Å². The molecule has 0 N–H and O–H groups in total. The summed E-state index contributed by atoms with van der Waals surface area (Å²) in [6, 6.07) is 21.1. The van der Waals surface area contributed by atoms with Gasteiger partial charge in [0.25, 0.3) is 0 Å².